The largest absolute Gasteiger partial charge is 0.298 e. The van der Waals surface area contributed by atoms with Gasteiger partial charge in [0.25, 0.3) is 0 Å². The molecule has 2 fully saturated rings. The van der Waals surface area contributed by atoms with Crippen molar-refractivity contribution in [1.82, 2.24) is 30.0 Å². The van der Waals surface area contributed by atoms with Crippen LogP contribution in [0.2, 0.25) is 0 Å². The van der Waals surface area contributed by atoms with Crippen LogP contribution in [0.25, 0.3) is 0 Å². The topological polar surface area (TPSA) is 50.1 Å². The van der Waals surface area contributed by atoms with Gasteiger partial charge < -0.3 is 0 Å². The fourth-order valence-electron chi connectivity index (χ4n) is 4.66. The van der Waals surface area contributed by atoms with E-state index in [4.69, 9.17) is 0 Å². The Morgan fingerprint density at radius 3 is 2.59 bits per heavy atom. The van der Waals surface area contributed by atoms with Crippen LogP contribution in [-0.2, 0) is 6.54 Å². The number of hydrogen-bond donors (Lipinski definition) is 0. The first-order valence-electron chi connectivity index (χ1n) is 10.5. The van der Waals surface area contributed by atoms with Gasteiger partial charge in [-0.2, -0.15) is 0 Å². The van der Waals surface area contributed by atoms with Gasteiger partial charge in [0.15, 0.2) is 5.82 Å². The van der Waals surface area contributed by atoms with Crippen LogP contribution >= 0.6 is 11.3 Å². The summed E-state index contributed by atoms with van der Waals surface area (Å²) in [6.07, 6.45) is 6.73. The summed E-state index contributed by atoms with van der Waals surface area (Å²) in [5.41, 5.74) is 0. The Morgan fingerprint density at radius 2 is 1.93 bits per heavy atom. The molecule has 2 aromatic heterocycles. The summed E-state index contributed by atoms with van der Waals surface area (Å²) in [6, 6.07) is 5.40. The summed E-state index contributed by atoms with van der Waals surface area (Å²) < 4.78 is 2.02. The van der Waals surface area contributed by atoms with Gasteiger partial charge in [0.2, 0.25) is 0 Å². The van der Waals surface area contributed by atoms with Crippen molar-refractivity contribution in [3.8, 4) is 0 Å². The molecular weight excluding hydrogens is 356 g/mol. The second kappa shape index (κ2) is 8.80. The zero-order valence-corrected chi connectivity index (χ0v) is 17.4. The molecule has 2 aromatic rings. The highest BCUT2D eigenvalue weighted by Gasteiger charge is 2.32. The highest BCUT2D eigenvalue weighted by atomic mass is 32.1. The zero-order chi connectivity index (χ0) is 18.6. The van der Waals surface area contributed by atoms with E-state index in [2.05, 4.69) is 56.7 Å². The monoisotopic (exact) mass is 388 g/mol. The molecule has 4 rings (SSSR count). The fraction of sp³-hybridized carbons (Fsp3) is 0.750. The predicted octanol–water partition coefficient (Wildman–Crippen LogP) is 3.43. The number of nitrogens with zero attached hydrogens (tertiary/aromatic N) is 6. The summed E-state index contributed by atoms with van der Waals surface area (Å²) in [6.45, 7) is 10.00. The molecule has 0 bridgehead atoms. The van der Waals surface area contributed by atoms with E-state index in [-0.39, 0.29) is 0 Å². The van der Waals surface area contributed by atoms with Crippen molar-refractivity contribution < 1.29 is 0 Å². The van der Waals surface area contributed by atoms with Crippen LogP contribution in [0.4, 0.5) is 0 Å². The number of rotatable bonds is 7. The Labute approximate surface area is 166 Å². The van der Waals surface area contributed by atoms with Crippen LogP contribution in [0.3, 0.4) is 0 Å². The van der Waals surface area contributed by atoms with Gasteiger partial charge >= 0.3 is 0 Å². The molecule has 1 atom stereocenters. The highest BCUT2D eigenvalue weighted by Crippen LogP contribution is 2.30. The lowest BCUT2D eigenvalue weighted by atomic mass is 10.0. The van der Waals surface area contributed by atoms with E-state index in [1.165, 1.54) is 43.6 Å². The number of tetrazole rings is 1. The average molecular weight is 389 g/mol. The molecule has 1 saturated carbocycles. The predicted molar refractivity (Wildman–Crippen MR) is 109 cm³/mol. The average Bonchev–Trinajstić information content (AvgIpc) is 3.43. The van der Waals surface area contributed by atoms with Crippen LogP contribution < -0.4 is 0 Å². The van der Waals surface area contributed by atoms with Crippen molar-refractivity contribution in [3.05, 3.63) is 28.2 Å². The lowest BCUT2D eigenvalue weighted by molar-refractivity contribution is 0.0588. The van der Waals surface area contributed by atoms with Gasteiger partial charge in [0.05, 0.1) is 12.6 Å². The van der Waals surface area contributed by atoms with E-state index < -0.39 is 0 Å². The minimum atomic E-state index is 0.311. The molecule has 0 amide bonds. The third kappa shape index (κ3) is 4.58. The number of aromatic nitrogens is 4. The van der Waals surface area contributed by atoms with Gasteiger partial charge in [-0.05, 0) is 47.1 Å². The smallest absolute Gasteiger partial charge is 0.168 e. The number of thiophene rings is 1. The second-order valence-electron chi connectivity index (χ2n) is 8.43. The van der Waals surface area contributed by atoms with Crippen LogP contribution in [0.5, 0.6) is 0 Å². The van der Waals surface area contributed by atoms with Crippen molar-refractivity contribution in [2.45, 2.75) is 64.6 Å². The maximum Gasteiger partial charge on any atom is 0.168 e. The maximum absolute atomic E-state index is 4.47. The van der Waals surface area contributed by atoms with Crippen molar-refractivity contribution in [3.63, 3.8) is 0 Å². The first-order valence-corrected chi connectivity index (χ1v) is 11.3. The molecule has 2 aliphatic rings. The lowest BCUT2D eigenvalue weighted by Crippen LogP contribution is -2.51. The molecule has 0 radical (unpaired) electrons. The minimum absolute atomic E-state index is 0.311. The van der Waals surface area contributed by atoms with Gasteiger partial charge in [-0.15, -0.1) is 16.4 Å². The lowest BCUT2D eigenvalue weighted by Gasteiger charge is -2.41. The Morgan fingerprint density at radius 1 is 1.15 bits per heavy atom. The molecule has 1 aliphatic carbocycles. The van der Waals surface area contributed by atoms with Crippen molar-refractivity contribution >= 4 is 11.3 Å². The molecule has 7 heteroatoms. The van der Waals surface area contributed by atoms with Crippen molar-refractivity contribution in [1.29, 1.82) is 0 Å². The molecule has 1 saturated heterocycles. The van der Waals surface area contributed by atoms with Gasteiger partial charge in [0.1, 0.15) is 0 Å². The Balaban J connectivity index is 1.46. The third-order valence-electron chi connectivity index (χ3n) is 6.07. The van der Waals surface area contributed by atoms with Crippen LogP contribution in [0.15, 0.2) is 17.5 Å². The van der Waals surface area contributed by atoms with E-state index in [0.29, 0.717) is 12.0 Å². The van der Waals surface area contributed by atoms with E-state index in [9.17, 15) is 0 Å². The molecule has 3 heterocycles. The van der Waals surface area contributed by atoms with Crippen molar-refractivity contribution in [2.75, 3.05) is 26.2 Å². The third-order valence-corrected chi connectivity index (χ3v) is 6.93. The minimum Gasteiger partial charge on any atom is -0.298 e. The molecule has 1 aliphatic heterocycles. The highest BCUT2D eigenvalue weighted by molar-refractivity contribution is 7.09. The molecule has 6 nitrogen and oxygen atoms in total. The molecule has 148 valence electrons. The normalized spacial score (nSPS) is 21.3. The molecule has 27 heavy (non-hydrogen) atoms. The summed E-state index contributed by atoms with van der Waals surface area (Å²) in [5.74, 6) is 1.65. The van der Waals surface area contributed by atoms with Gasteiger partial charge in [-0.1, -0.05) is 32.8 Å². The van der Waals surface area contributed by atoms with Gasteiger partial charge in [-0.25, -0.2) is 4.68 Å². The Hall–Kier alpha value is -1.31. The van der Waals surface area contributed by atoms with Crippen molar-refractivity contribution in [2.24, 2.45) is 5.92 Å². The quantitative estimate of drug-likeness (QED) is 0.727. The first-order chi connectivity index (χ1) is 13.2. The summed E-state index contributed by atoms with van der Waals surface area (Å²) in [5, 5.41) is 14.9. The van der Waals surface area contributed by atoms with Crippen LogP contribution in [-0.4, -0.2) is 62.2 Å². The molecular formula is C20H32N6S. The molecule has 1 unspecified atom stereocenters. The summed E-state index contributed by atoms with van der Waals surface area (Å²) in [4.78, 5) is 6.66. The summed E-state index contributed by atoms with van der Waals surface area (Å²) >= 11 is 1.77. The SMILES string of the molecule is CC(C)CC(c1nnnn1Cc1cccs1)N1CCN(C2CCCC2)CC1. The summed E-state index contributed by atoms with van der Waals surface area (Å²) in [7, 11) is 0. The van der Waals surface area contributed by atoms with Crippen LogP contribution in [0, 0.1) is 5.92 Å². The van der Waals surface area contributed by atoms with Gasteiger partial charge in [-0.3, -0.25) is 9.80 Å². The van der Waals surface area contributed by atoms with Gasteiger partial charge in [0, 0.05) is 37.1 Å². The number of piperazine rings is 1. The Bertz CT molecular complexity index is 683. The molecule has 0 spiro atoms. The van der Waals surface area contributed by atoms with E-state index in [1.54, 1.807) is 11.3 Å². The fourth-order valence-corrected chi connectivity index (χ4v) is 5.35. The molecule has 0 N–H and O–H groups in total. The van der Waals surface area contributed by atoms with E-state index in [1.807, 2.05) is 4.68 Å². The number of hydrogen-bond acceptors (Lipinski definition) is 6. The first kappa shape index (κ1) is 19.0. The van der Waals surface area contributed by atoms with E-state index in [0.717, 1.165) is 37.9 Å². The standard InChI is InChI=1S/C20H32N6S/c1-16(2)14-19(20-21-22-23-26(20)15-18-8-5-13-27-18)25-11-9-24(10-12-25)17-6-3-4-7-17/h5,8,13,16-17,19H,3-4,6-7,9-12,14-15H2,1-2H3. The Kier molecular flexibility index (Phi) is 6.20. The maximum atomic E-state index is 4.47. The molecule has 0 aromatic carbocycles. The zero-order valence-electron chi connectivity index (χ0n) is 16.6. The second-order valence-corrected chi connectivity index (χ2v) is 9.46. The van der Waals surface area contributed by atoms with E-state index >= 15 is 0 Å². The van der Waals surface area contributed by atoms with Crippen LogP contribution in [0.1, 0.15) is 62.7 Å².